The van der Waals surface area contributed by atoms with Crippen LogP contribution >= 0.6 is 0 Å². The molecule has 6 rings (SSSR count). The SMILES string of the molecule is CCCCc1ccc(NS(=O)(=O)c2cccc(C(=O)OCC(=O)C34CC5CC(CC(C5)C3)C4)c2)cc1. The van der Waals surface area contributed by atoms with Gasteiger partial charge in [0, 0.05) is 11.1 Å². The van der Waals surface area contributed by atoms with Crippen LogP contribution in [0.1, 0.15) is 74.2 Å². The molecule has 2 aromatic carbocycles. The maximum Gasteiger partial charge on any atom is 0.338 e. The van der Waals surface area contributed by atoms with E-state index < -0.39 is 16.0 Å². The molecule has 4 aliphatic carbocycles. The number of sulfonamides is 1. The number of carbonyl (C=O) groups excluding carboxylic acids is 2. The first kappa shape index (κ1) is 25.0. The fourth-order valence-corrected chi connectivity index (χ4v) is 8.05. The zero-order valence-electron chi connectivity index (χ0n) is 20.9. The second kappa shape index (κ2) is 10.0. The summed E-state index contributed by atoms with van der Waals surface area (Å²) in [5.41, 5.74) is 1.42. The summed E-state index contributed by atoms with van der Waals surface area (Å²) >= 11 is 0. The molecule has 2 aromatic rings. The molecule has 36 heavy (non-hydrogen) atoms. The molecule has 4 fully saturated rings. The van der Waals surface area contributed by atoms with Crippen LogP contribution in [0.25, 0.3) is 0 Å². The number of Topliss-reactive ketones (excluding diaryl/α,β-unsaturated/α-hetero) is 1. The second-order valence-electron chi connectivity index (χ2n) is 11.1. The lowest BCUT2D eigenvalue weighted by molar-refractivity contribution is -0.147. The van der Waals surface area contributed by atoms with Gasteiger partial charge in [0.05, 0.1) is 10.5 Å². The van der Waals surface area contributed by atoms with Crippen molar-refractivity contribution in [3.05, 3.63) is 59.7 Å². The van der Waals surface area contributed by atoms with Crippen molar-refractivity contribution in [1.29, 1.82) is 0 Å². The first-order valence-electron chi connectivity index (χ1n) is 13.2. The van der Waals surface area contributed by atoms with E-state index in [-0.39, 0.29) is 28.3 Å². The molecule has 192 valence electrons. The molecule has 0 spiro atoms. The number of ether oxygens (including phenoxy) is 1. The summed E-state index contributed by atoms with van der Waals surface area (Å²) in [7, 11) is -3.89. The lowest BCUT2D eigenvalue weighted by Crippen LogP contribution is -2.51. The zero-order chi connectivity index (χ0) is 25.3. The normalized spacial score (nSPS) is 26.5. The number of carbonyl (C=O) groups is 2. The summed E-state index contributed by atoms with van der Waals surface area (Å²) in [6, 6.07) is 13.1. The zero-order valence-corrected chi connectivity index (χ0v) is 21.7. The lowest BCUT2D eigenvalue weighted by atomic mass is 9.48. The van der Waals surface area contributed by atoms with Crippen molar-refractivity contribution in [2.45, 2.75) is 69.6 Å². The predicted molar refractivity (Wildman–Crippen MR) is 138 cm³/mol. The van der Waals surface area contributed by atoms with E-state index in [1.807, 2.05) is 12.1 Å². The van der Waals surface area contributed by atoms with Gasteiger partial charge in [-0.15, -0.1) is 0 Å². The third kappa shape index (κ3) is 5.22. The summed E-state index contributed by atoms with van der Waals surface area (Å²) in [6.07, 6.45) is 9.64. The highest BCUT2D eigenvalue weighted by atomic mass is 32.2. The Morgan fingerprint density at radius 1 is 0.972 bits per heavy atom. The van der Waals surface area contributed by atoms with Gasteiger partial charge in [0.25, 0.3) is 10.0 Å². The minimum atomic E-state index is -3.89. The topological polar surface area (TPSA) is 89.5 Å². The van der Waals surface area contributed by atoms with E-state index in [1.165, 1.54) is 43.5 Å². The Bertz CT molecular complexity index is 1200. The first-order chi connectivity index (χ1) is 17.3. The van der Waals surface area contributed by atoms with Gasteiger partial charge < -0.3 is 4.74 Å². The molecule has 0 unspecified atom stereocenters. The third-order valence-electron chi connectivity index (χ3n) is 8.37. The molecular weight excluding hydrogens is 474 g/mol. The van der Waals surface area contributed by atoms with Crippen LogP contribution < -0.4 is 4.72 Å². The van der Waals surface area contributed by atoms with E-state index in [0.717, 1.165) is 44.1 Å². The van der Waals surface area contributed by atoms with Crippen LogP contribution in [0.4, 0.5) is 5.69 Å². The summed E-state index contributed by atoms with van der Waals surface area (Å²) in [4.78, 5) is 25.9. The highest BCUT2D eigenvalue weighted by Gasteiger charge is 2.54. The molecule has 0 atom stereocenters. The molecule has 4 aliphatic rings. The van der Waals surface area contributed by atoms with Gasteiger partial charge in [0.1, 0.15) is 0 Å². The molecule has 0 heterocycles. The number of anilines is 1. The number of hydrogen-bond acceptors (Lipinski definition) is 5. The van der Waals surface area contributed by atoms with Gasteiger partial charge in [-0.3, -0.25) is 9.52 Å². The number of rotatable bonds is 10. The molecule has 0 aromatic heterocycles. The molecule has 0 saturated heterocycles. The highest BCUT2D eigenvalue weighted by molar-refractivity contribution is 7.92. The van der Waals surface area contributed by atoms with Crippen LogP contribution in [0.5, 0.6) is 0 Å². The molecule has 6 nitrogen and oxygen atoms in total. The van der Waals surface area contributed by atoms with E-state index in [2.05, 4.69) is 11.6 Å². The van der Waals surface area contributed by atoms with Crippen molar-refractivity contribution >= 4 is 27.5 Å². The Balaban J connectivity index is 1.21. The van der Waals surface area contributed by atoms with Crippen molar-refractivity contribution in [3.63, 3.8) is 0 Å². The smallest absolute Gasteiger partial charge is 0.338 e. The largest absolute Gasteiger partial charge is 0.454 e. The Morgan fingerprint density at radius 3 is 2.22 bits per heavy atom. The molecule has 0 aliphatic heterocycles. The summed E-state index contributed by atoms with van der Waals surface area (Å²) in [5, 5.41) is 0. The van der Waals surface area contributed by atoms with Crippen LogP contribution in [0.3, 0.4) is 0 Å². The van der Waals surface area contributed by atoms with E-state index in [9.17, 15) is 18.0 Å². The van der Waals surface area contributed by atoms with Crippen molar-refractivity contribution in [1.82, 2.24) is 0 Å². The number of benzene rings is 2. The Kier molecular flexibility index (Phi) is 6.95. The van der Waals surface area contributed by atoms with Gasteiger partial charge in [0.2, 0.25) is 0 Å². The highest BCUT2D eigenvalue weighted by Crippen LogP contribution is 2.60. The lowest BCUT2D eigenvalue weighted by Gasteiger charge is -2.55. The van der Waals surface area contributed by atoms with Gasteiger partial charge in [-0.2, -0.15) is 0 Å². The molecule has 0 radical (unpaired) electrons. The van der Waals surface area contributed by atoms with E-state index in [1.54, 1.807) is 12.1 Å². The second-order valence-corrected chi connectivity index (χ2v) is 12.8. The standard InChI is InChI=1S/C29H35NO5S/c1-2-3-5-20-8-10-25(11-9-20)30-36(33,34)26-7-4-6-24(15-26)28(32)35-19-27(31)29-16-21-12-22(17-29)14-23(13-21)18-29/h4,6-11,15,21-23,30H,2-3,5,12-14,16-19H2,1H3. The van der Waals surface area contributed by atoms with Gasteiger partial charge in [-0.25, -0.2) is 13.2 Å². The number of nitrogens with one attached hydrogen (secondary N) is 1. The maximum atomic E-state index is 13.2. The number of hydrogen-bond donors (Lipinski definition) is 1. The van der Waals surface area contributed by atoms with Crippen LogP contribution in [0.2, 0.25) is 0 Å². The van der Waals surface area contributed by atoms with E-state index in [4.69, 9.17) is 4.74 Å². The molecular formula is C29H35NO5S. The van der Waals surface area contributed by atoms with Gasteiger partial charge >= 0.3 is 5.97 Å². The summed E-state index contributed by atoms with van der Waals surface area (Å²) < 4.78 is 33.9. The molecule has 4 bridgehead atoms. The quantitative estimate of drug-likeness (QED) is 0.411. The summed E-state index contributed by atoms with van der Waals surface area (Å²) in [5.74, 6) is 1.27. The first-order valence-corrected chi connectivity index (χ1v) is 14.7. The number of aryl methyl sites for hydroxylation is 1. The Hall–Kier alpha value is -2.67. The fraction of sp³-hybridized carbons (Fsp3) is 0.517. The van der Waals surface area contributed by atoms with Crippen molar-refractivity contribution < 1.29 is 22.7 Å². The monoisotopic (exact) mass is 509 g/mol. The minimum absolute atomic E-state index is 0.0283. The average molecular weight is 510 g/mol. The van der Waals surface area contributed by atoms with Crippen LogP contribution in [0, 0.1) is 23.2 Å². The Morgan fingerprint density at radius 2 is 1.61 bits per heavy atom. The van der Waals surface area contributed by atoms with E-state index in [0.29, 0.717) is 23.4 Å². The van der Waals surface area contributed by atoms with Gasteiger partial charge in [-0.1, -0.05) is 31.5 Å². The van der Waals surface area contributed by atoms with Crippen molar-refractivity contribution in [2.75, 3.05) is 11.3 Å². The van der Waals surface area contributed by atoms with Crippen molar-refractivity contribution in [3.8, 4) is 0 Å². The molecule has 0 amide bonds. The van der Waals surface area contributed by atoms with Gasteiger partial charge in [0.15, 0.2) is 12.4 Å². The number of ketones is 1. The van der Waals surface area contributed by atoms with Gasteiger partial charge in [-0.05, 0) is 105 Å². The third-order valence-corrected chi connectivity index (χ3v) is 9.75. The van der Waals surface area contributed by atoms with Crippen LogP contribution in [-0.2, 0) is 26.0 Å². The van der Waals surface area contributed by atoms with E-state index >= 15 is 0 Å². The average Bonchev–Trinajstić information content (AvgIpc) is 2.85. The Labute approximate surface area is 213 Å². The summed E-state index contributed by atoms with van der Waals surface area (Å²) in [6.45, 7) is 1.89. The maximum absolute atomic E-state index is 13.2. The number of unbranched alkanes of at least 4 members (excludes halogenated alkanes) is 1. The molecule has 1 N–H and O–H groups in total. The van der Waals surface area contributed by atoms with Crippen LogP contribution in [0.15, 0.2) is 53.4 Å². The number of esters is 1. The minimum Gasteiger partial charge on any atom is -0.454 e. The van der Waals surface area contributed by atoms with Crippen LogP contribution in [-0.4, -0.2) is 26.8 Å². The van der Waals surface area contributed by atoms with Crippen molar-refractivity contribution in [2.24, 2.45) is 23.2 Å². The fourth-order valence-electron chi connectivity index (χ4n) is 6.94. The molecule has 7 heteroatoms. The molecule has 4 saturated carbocycles. The predicted octanol–water partition coefficient (Wildman–Crippen LogP) is 5.77.